The van der Waals surface area contributed by atoms with E-state index in [1.807, 2.05) is 0 Å². The van der Waals surface area contributed by atoms with Gasteiger partial charge in [0.25, 0.3) is 0 Å². The SMILES string of the molecule is CC1CC(NC2CCN(Cc3ccccc3)C2)CS1. The fourth-order valence-electron chi connectivity index (χ4n) is 3.22. The van der Waals surface area contributed by atoms with Crippen LogP contribution in [-0.2, 0) is 6.54 Å². The highest BCUT2D eigenvalue weighted by Gasteiger charge is 2.28. The molecule has 0 aromatic heterocycles. The number of hydrogen-bond acceptors (Lipinski definition) is 3. The number of hydrogen-bond donors (Lipinski definition) is 1. The van der Waals surface area contributed by atoms with Crippen molar-refractivity contribution in [2.75, 3.05) is 18.8 Å². The minimum atomic E-state index is 0.708. The number of thioether (sulfide) groups is 1. The fraction of sp³-hybridized carbons (Fsp3) is 0.625. The normalized spacial score (nSPS) is 31.9. The van der Waals surface area contributed by atoms with E-state index in [4.69, 9.17) is 0 Å². The average molecular weight is 276 g/mol. The van der Waals surface area contributed by atoms with E-state index in [1.54, 1.807) is 0 Å². The van der Waals surface area contributed by atoms with Crippen molar-refractivity contribution in [1.82, 2.24) is 10.2 Å². The van der Waals surface area contributed by atoms with E-state index in [1.165, 1.54) is 37.2 Å². The van der Waals surface area contributed by atoms with Gasteiger partial charge in [-0.3, -0.25) is 4.90 Å². The van der Waals surface area contributed by atoms with E-state index in [-0.39, 0.29) is 0 Å². The van der Waals surface area contributed by atoms with Crippen LogP contribution in [-0.4, -0.2) is 41.1 Å². The molecule has 0 spiro atoms. The predicted molar refractivity (Wildman–Crippen MR) is 83.6 cm³/mol. The zero-order valence-corrected chi connectivity index (χ0v) is 12.5. The summed E-state index contributed by atoms with van der Waals surface area (Å²) < 4.78 is 0. The Morgan fingerprint density at radius 3 is 2.84 bits per heavy atom. The monoisotopic (exact) mass is 276 g/mol. The van der Waals surface area contributed by atoms with E-state index < -0.39 is 0 Å². The smallest absolute Gasteiger partial charge is 0.0234 e. The molecule has 0 bridgehead atoms. The van der Waals surface area contributed by atoms with Crippen molar-refractivity contribution in [3.8, 4) is 0 Å². The largest absolute Gasteiger partial charge is 0.309 e. The molecule has 1 N–H and O–H groups in total. The standard InChI is InChI=1S/C16H24N2S/c1-13-9-16(12-19-13)17-15-7-8-18(11-15)10-14-5-3-2-4-6-14/h2-6,13,15-17H,7-12H2,1H3. The number of nitrogens with zero attached hydrogens (tertiary/aromatic N) is 1. The first kappa shape index (κ1) is 13.5. The molecule has 3 atom stereocenters. The molecular weight excluding hydrogens is 252 g/mol. The van der Waals surface area contributed by atoms with E-state index >= 15 is 0 Å². The van der Waals surface area contributed by atoms with Crippen LogP contribution in [0.15, 0.2) is 30.3 Å². The summed E-state index contributed by atoms with van der Waals surface area (Å²) in [6.45, 7) is 5.91. The molecule has 3 rings (SSSR count). The lowest BCUT2D eigenvalue weighted by Gasteiger charge is -2.19. The average Bonchev–Trinajstić information content (AvgIpc) is 3.01. The molecule has 19 heavy (non-hydrogen) atoms. The van der Waals surface area contributed by atoms with Gasteiger partial charge in [-0.15, -0.1) is 0 Å². The lowest BCUT2D eigenvalue weighted by atomic mass is 10.1. The third-order valence-electron chi connectivity index (χ3n) is 4.19. The summed E-state index contributed by atoms with van der Waals surface area (Å²) in [6.07, 6.45) is 2.65. The topological polar surface area (TPSA) is 15.3 Å². The molecule has 0 radical (unpaired) electrons. The van der Waals surface area contributed by atoms with Crippen LogP contribution in [0.4, 0.5) is 0 Å². The van der Waals surface area contributed by atoms with Gasteiger partial charge in [0, 0.05) is 42.7 Å². The quantitative estimate of drug-likeness (QED) is 0.910. The van der Waals surface area contributed by atoms with Gasteiger partial charge in [0.1, 0.15) is 0 Å². The molecule has 1 aromatic carbocycles. The van der Waals surface area contributed by atoms with E-state index in [0.29, 0.717) is 6.04 Å². The molecule has 2 fully saturated rings. The molecule has 3 heteroatoms. The summed E-state index contributed by atoms with van der Waals surface area (Å²) in [7, 11) is 0. The molecule has 2 saturated heterocycles. The summed E-state index contributed by atoms with van der Waals surface area (Å²) in [5.41, 5.74) is 1.44. The van der Waals surface area contributed by atoms with E-state index in [9.17, 15) is 0 Å². The Balaban J connectivity index is 1.45. The Hall–Kier alpha value is -0.510. The van der Waals surface area contributed by atoms with Gasteiger partial charge in [-0.2, -0.15) is 11.8 Å². The lowest BCUT2D eigenvalue weighted by molar-refractivity contribution is 0.315. The van der Waals surface area contributed by atoms with Crippen molar-refractivity contribution in [2.45, 2.75) is 43.6 Å². The Morgan fingerprint density at radius 1 is 1.26 bits per heavy atom. The molecule has 2 heterocycles. The van der Waals surface area contributed by atoms with Gasteiger partial charge in [0.15, 0.2) is 0 Å². The van der Waals surface area contributed by atoms with Gasteiger partial charge in [0.05, 0.1) is 0 Å². The second-order valence-corrected chi connectivity index (χ2v) is 7.42. The van der Waals surface area contributed by atoms with Crippen LogP contribution in [0.25, 0.3) is 0 Å². The van der Waals surface area contributed by atoms with Crippen LogP contribution in [0.2, 0.25) is 0 Å². The van der Waals surface area contributed by atoms with Crippen LogP contribution in [0, 0.1) is 0 Å². The molecule has 0 saturated carbocycles. The summed E-state index contributed by atoms with van der Waals surface area (Å²) in [5, 5.41) is 4.71. The Morgan fingerprint density at radius 2 is 2.11 bits per heavy atom. The van der Waals surface area contributed by atoms with Crippen molar-refractivity contribution in [2.24, 2.45) is 0 Å². The second kappa shape index (κ2) is 6.29. The minimum Gasteiger partial charge on any atom is -0.309 e. The zero-order chi connectivity index (χ0) is 13.1. The predicted octanol–water partition coefficient (Wildman–Crippen LogP) is 2.74. The van der Waals surface area contributed by atoms with Gasteiger partial charge in [-0.1, -0.05) is 37.3 Å². The molecule has 104 valence electrons. The number of benzene rings is 1. The number of likely N-dealkylation sites (tertiary alicyclic amines) is 1. The van der Waals surface area contributed by atoms with Gasteiger partial charge < -0.3 is 5.32 Å². The maximum atomic E-state index is 3.86. The van der Waals surface area contributed by atoms with Crippen molar-refractivity contribution >= 4 is 11.8 Å². The molecule has 2 nitrogen and oxygen atoms in total. The molecule has 1 aromatic rings. The number of nitrogens with one attached hydrogen (secondary N) is 1. The minimum absolute atomic E-state index is 0.708. The molecular formula is C16H24N2S. The first-order valence-corrected chi connectivity index (χ1v) is 8.48. The van der Waals surface area contributed by atoms with E-state index in [2.05, 4.69) is 59.2 Å². The third kappa shape index (κ3) is 3.74. The van der Waals surface area contributed by atoms with Crippen LogP contribution >= 0.6 is 11.8 Å². The fourth-order valence-corrected chi connectivity index (χ4v) is 4.38. The summed E-state index contributed by atoms with van der Waals surface area (Å²) in [5.74, 6) is 1.30. The van der Waals surface area contributed by atoms with Crippen molar-refractivity contribution in [1.29, 1.82) is 0 Å². The molecule has 0 amide bonds. The van der Waals surface area contributed by atoms with Crippen molar-refractivity contribution < 1.29 is 0 Å². The van der Waals surface area contributed by atoms with Crippen molar-refractivity contribution in [3.05, 3.63) is 35.9 Å². The maximum absolute atomic E-state index is 3.86. The highest BCUT2D eigenvalue weighted by Crippen LogP contribution is 2.27. The van der Waals surface area contributed by atoms with Crippen LogP contribution in [0.5, 0.6) is 0 Å². The first-order chi connectivity index (χ1) is 9.29. The second-order valence-electron chi connectivity index (χ2n) is 5.95. The molecule has 0 aliphatic carbocycles. The van der Waals surface area contributed by atoms with Gasteiger partial charge >= 0.3 is 0 Å². The molecule has 2 aliphatic rings. The summed E-state index contributed by atoms with van der Waals surface area (Å²) in [4.78, 5) is 2.58. The molecule has 3 unspecified atom stereocenters. The maximum Gasteiger partial charge on any atom is 0.0234 e. The van der Waals surface area contributed by atoms with Crippen LogP contribution < -0.4 is 5.32 Å². The highest BCUT2D eigenvalue weighted by molar-refractivity contribution is 8.00. The molecule has 2 aliphatic heterocycles. The van der Waals surface area contributed by atoms with Crippen LogP contribution in [0.3, 0.4) is 0 Å². The highest BCUT2D eigenvalue weighted by atomic mass is 32.2. The van der Waals surface area contributed by atoms with Crippen molar-refractivity contribution in [3.63, 3.8) is 0 Å². The number of rotatable bonds is 4. The first-order valence-electron chi connectivity index (χ1n) is 7.43. The zero-order valence-electron chi connectivity index (χ0n) is 11.7. The third-order valence-corrected chi connectivity index (χ3v) is 5.55. The lowest BCUT2D eigenvalue weighted by Crippen LogP contribution is -2.40. The van der Waals surface area contributed by atoms with Gasteiger partial charge in [-0.25, -0.2) is 0 Å². The van der Waals surface area contributed by atoms with E-state index in [0.717, 1.165) is 17.8 Å². The van der Waals surface area contributed by atoms with Gasteiger partial charge in [-0.05, 0) is 18.4 Å². The van der Waals surface area contributed by atoms with Gasteiger partial charge in [0.2, 0.25) is 0 Å². The van der Waals surface area contributed by atoms with Crippen LogP contribution in [0.1, 0.15) is 25.3 Å². The Bertz CT molecular complexity index is 395. The summed E-state index contributed by atoms with van der Waals surface area (Å²) in [6, 6.07) is 12.3. The summed E-state index contributed by atoms with van der Waals surface area (Å²) >= 11 is 2.12. The Labute approximate surface area is 121 Å². The Kier molecular flexibility index (Phi) is 4.46.